The first-order chi connectivity index (χ1) is 10.3. The first-order valence-corrected chi connectivity index (χ1v) is 7.23. The Labute approximate surface area is 129 Å². The van der Waals surface area contributed by atoms with Gasteiger partial charge in [0.2, 0.25) is 0 Å². The molecule has 0 fully saturated rings. The van der Waals surface area contributed by atoms with Crippen LogP contribution in [0.5, 0.6) is 17.2 Å². The molecule has 0 aliphatic heterocycles. The minimum absolute atomic E-state index is 0.535. The highest BCUT2D eigenvalue weighted by atomic mass is 35.5. The Morgan fingerprint density at radius 1 is 1.00 bits per heavy atom. The number of para-hydroxylation sites is 1. The molecule has 5 heteroatoms. The van der Waals surface area contributed by atoms with Gasteiger partial charge in [-0.3, -0.25) is 0 Å². The van der Waals surface area contributed by atoms with Crippen LogP contribution in [0.3, 0.4) is 0 Å². The number of hydrogen-bond donors (Lipinski definition) is 2. The quantitative estimate of drug-likeness (QED) is 0.736. The van der Waals surface area contributed by atoms with E-state index in [2.05, 4.69) is 5.32 Å². The molecule has 0 aliphatic carbocycles. The van der Waals surface area contributed by atoms with E-state index in [1.54, 1.807) is 12.1 Å². The maximum atomic E-state index is 6.02. The largest absolute Gasteiger partial charge is 0.488 e. The SMILES string of the molecule is NCCNCCOc1ccc(Cl)cc1Oc1ccccc1. The van der Waals surface area contributed by atoms with E-state index in [0.717, 1.165) is 18.8 Å². The van der Waals surface area contributed by atoms with Crippen molar-refractivity contribution in [2.75, 3.05) is 26.2 Å². The minimum atomic E-state index is 0.535. The van der Waals surface area contributed by atoms with Gasteiger partial charge in [-0.2, -0.15) is 0 Å². The number of halogens is 1. The van der Waals surface area contributed by atoms with E-state index in [-0.39, 0.29) is 0 Å². The molecule has 2 rings (SSSR count). The lowest BCUT2D eigenvalue weighted by Crippen LogP contribution is -2.26. The van der Waals surface area contributed by atoms with E-state index in [1.165, 1.54) is 0 Å². The smallest absolute Gasteiger partial charge is 0.170 e. The Morgan fingerprint density at radius 2 is 1.81 bits per heavy atom. The number of benzene rings is 2. The molecule has 3 N–H and O–H groups in total. The molecule has 2 aromatic rings. The third-order valence-electron chi connectivity index (χ3n) is 2.73. The summed E-state index contributed by atoms with van der Waals surface area (Å²) in [6.45, 7) is 2.65. The average Bonchev–Trinajstić information content (AvgIpc) is 2.50. The summed E-state index contributed by atoms with van der Waals surface area (Å²) in [4.78, 5) is 0. The highest BCUT2D eigenvalue weighted by Crippen LogP contribution is 2.33. The third-order valence-corrected chi connectivity index (χ3v) is 2.97. The molecule has 0 saturated carbocycles. The van der Waals surface area contributed by atoms with Crippen molar-refractivity contribution in [3.05, 3.63) is 53.6 Å². The molecule has 4 nitrogen and oxygen atoms in total. The van der Waals surface area contributed by atoms with Crippen molar-refractivity contribution in [1.29, 1.82) is 0 Å². The molecule has 0 atom stereocenters. The van der Waals surface area contributed by atoms with Gasteiger partial charge in [-0.25, -0.2) is 0 Å². The molecule has 112 valence electrons. The molecule has 0 aromatic heterocycles. The fourth-order valence-corrected chi connectivity index (χ4v) is 1.92. The topological polar surface area (TPSA) is 56.5 Å². The zero-order valence-corrected chi connectivity index (χ0v) is 12.5. The maximum Gasteiger partial charge on any atom is 0.170 e. The highest BCUT2D eigenvalue weighted by molar-refractivity contribution is 6.30. The lowest BCUT2D eigenvalue weighted by molar-refractivity contribution is 0.300. The van der Waals surface area contributed by atoms with Gasteiger partial charge in [0.25, 0.3) is 0 Å². The van der Waals surface area contributed by atoms with E-state index in [0.29, 0.717) is 29.7 Å². The molecule has 21 heavy (non-hydrogen) atoms. The summed E-state index contributed by atoms with van der Waals surface area (Å²) in [5.74, 6) is 2.01. The van der Waals surface area contributed by atoms with Gasteiger partial charge < -0.3 is 20.5 Å². The maximum absolute atomic E-state index is 6.02. The van der Waals surface area contributed by atoms with Crippen LogP contribution < -0.4 is 20.5 Å². The predicted octanol–water partition coefficient (Wildman–Crippen LogP) is 3.06. The first-order valence-electron chi connectivity index (χ1n) is 6.85. The molecular formula is C16H19ClN2O2. The zero-order chi connectivity index (χ0) is 14.9. The summed E-state index contributed by atoms with van der Waals surface area (Å²) < 4.78 is 11.5. The number of ether oxygens (including phenoxy) is 2. The molecule has 0 saturated heterocycles. The van der Waals surface area contributed by atoms with Gasteiger partial charge in [-0.15, -0.1) is 0 Å². The highest BCUT2D eigenvalue weighted by Gasteiger charge is 2.07. The van der Waals surface area contributed by atoms with E-state index in [4.69, 9.17) is 26.8 Å². The van der Waals surface area contributed by atoms with Crippen LogP contribution in [0.15, 0.2) is 48.5 Å². The summed E-state index contributed by atoms with van der Waals surface area (Å²) in [6.07, 6.45) is 0. The van der Waals surface area contributed by atoms with Crippen LogP contribution in [0.4, 0.5) is 0 Å². The van der Waals surface area contributed by atoms with Gasteiger partial charge in [0.1, 0.15) is 12.4 Å². The van der Waals surface area contributed by atoms with Crippen LogP contribution in [0.1, 0.15) is 0 Å². The first kappa shape index (κ1) is 15.6. The van der Waals surface area contributed by atoms with E-state index in [1.807, 2.05) is 36.4 Å². The number of hydrogen-bond acceptors (Lipinski definition) is 4. The number of nitrogens with two attached hydrogens (primary N) is 1. The van der Waals surface area contributed by atoms with Gasteiger partial charge >= 0.3 is 0 Å². The van der Waals surface area contributed by atoms with Crippen molar-refractivity contribution in [3.63, 3.8) is 0 Å². The Bertz CT molecular complexity index is 549. The standard InChI is InChI=1S/C16H19ClN2O2/c17-13-6-7-15(20-11-10-19-9-8-18)16(12-13)21-14-4-2-1-3-5-14/h1-7,12,19H,8-11,18H2. The minimum Gasteiger partial charge on any atom is -0.488 e. The van der Waals surface area contributed by atoms with Crippen LogP contribution in [0, 0.1) is 0 Å². The Kier molecular flexibility index (Phi) is 6.34. The Hall–Kier alpha value is -1.75. The summed E-state index contributed by atoms with van der Waals surface area (Å²) in [5.41, 5.74) is 5.41. The Balaban J connectivity index is 2.00. The molecule has 0 amide bonds. The van der Waals surface area contributed by atoms with Crippen LogP contribution in [-0.2, 0) is 0 Å². The summed E-state index contributed by atoms with van der Waals surface area (Å²) in [7, 11) is 0. The normalized spacial score (nSPS) is 10.4. The molecule has 0 bridgehead atoms. The predicted molar refractivity (Wildman–Crippen MR) is 85.4 cm³/mol. The van der Waals surface area contributed by atoms with Crippen LogP contribution in [-0.4, -0.2) is 26.2 Å². The second-order valence-electron chi connectivity index (χ2n) is 4.39. The van der Waals surface area contributed by atoms with E-state index < -0.39 is 0 Å². The van der Waals surface area contributed by atoms with Crippen molar-refractivity contribution in [3.8, 4) is 17.2 Å². The fraction of sp³-hybridized carbons (Fsp3) is 0.250. The molecule has 2 aromatic carbocycles. The molecule has 0 heterocycles. The van der Waals surface area contributed by atoms with E-state index in [9.17, 15) is 0 Å². The van der Waals surface area contributed by atoms with Crippen molar-refractivity contribution in [1.82, 2.24) is 5.32 Å². The molecule has 0 unspecified atom stereocenters. The lowest BCUT2D eigenvalue weighted by Gasteiger charge is -2.13. The van der Waals surface area contributed by atoms with Crippen LogP contribution in [0.25, 0.3) is 0 Å². The summed E-state index contributed by atoms with van der Waals surface area (Å²) in [6, 6.07) is 14.9. The van der Waals surface area contributed by atoms with Crippen molar-refractivity contribution < 1.29 is 9.47 Å². The summed E-state index contributed by atoms with van der Waals surface area (Å²) in [5, 5.41) is 3.78. The third kappa shape index (κ3) is 5.27. The van der Waals surface area contributed by atoms with Crippen molar-refractivity contribution >= 4 is 11.6 Å². The molecule has 0 radical (unpaired) electrons. The molecule has 0 aliphatic rings. The molecular weight excluding hydrogens is 288 g/mol. The number of nitrogens with one attached hydrogen (secondary N) is 1. The van der Waals surface area contributed by atoms with Crippen LogP contribution in [0.2, 0.25) is 5.02 Å². The summed E-state index contributed by atoms with van der Waals surface area (Å²) >= 11 is 6.02. The monoisotopic (exact) mass is 306 g/mol. The van der Waals surface area contributed by atoms with Gasteiger partial charge in [0, 0.05) is 30.7 Å². The zero-order valence-electron chi connectivity index (χ0n) is 11.7. The second kappa shape index (κ2) is 8.52. The average molecular weight is 307 g/mol. The van der Waals surface area contributed by atoms with Crippen LogP contribution >= 0.6 is 11.6 Å². The fourth-order valence-electron chi connectivity index (χ4n) is 1.76. The molecule has 0 spiro atoms. The van der Waals surface area contributed by atoms with Gasteiger partial charge in [0.05, 0.1) is 0 Å². The number of rotatable bonds is 8. The van der Waals surface area contributed by atoms with E-state index >= 15 is 0 Å². The second-order valence-corrected chi connectivity index (χ2v) is 4.83. The van der Waals surface area contributed by atoms with Crippen molar-refractivity contribution in [2.24, 2.45) is 5.73 Å². The van der Waals surface area contributed by atoms with Gasteiger partial charge in [-0.05, 0) is 24.3 Å². The van der Waals surface area contributed by atoms with Gasteiger partial charge in [-0.1, -0.05) is 29.8 Å². The van der Waals surface area contributed by atoms with Gasteiger partial charge in [0.15, 0.2) is 11.5 Å². The van der Waals surface area contributed by atoms with Crippen molar-refractivity contribution in [2.45, 2.75) is 0 Å². The lowest BCUT2D eigenvalue weighted by atomic mass is 10.3. The Morgan fingerprint density at radius 3 is 2.57 bits per heavy atom.